The van der Waals surface area contributed by atoms with E-state index in [0.29, 0.717) is 12.4 Å². The van der Waals surface area contributed by atoms with Gasteiger partial charge >= 0.3 is 0 Å². The highest BCUT2D eigenvalue weighted by Crippen LogP contribution is 2.47. The summed E-state index contributed by atoms with van der Waals surface area (Å²) in [4.78, 5) is 18.0. The first kappa shape index (κ1) is 20.0. The molecule has 0 spiro atoms. The summed E-state index contributed by atoms with van der Waals surface area (Å²) in [7, 11) is 1.66. The van der Waals surface area contributed by atoms with Gasteiger partial charge in [-0.3, -0.25) is 4.79 Å². The van der Waals surface area contributed by atoms with E-state index < -0.39 is 0 Å². The molecule has 7 heteroatoms. The number of fused-ring (bicyclic) bond motifs is 1. The van der Waals surface area contributed by atoms with Crippen molar-refractivity contribution in [2.45, 2.75) is 57.7 Å². The molecule has 1 aliphatic heterocycles. The van der Waals surface area contributed by atoms with Crippen molar-refractivity contribution in [2.24, 2.45) is 5.41 Å². The van der Waals surface area contributed by atoms with E-state index in [-0.39, 0.29) is 17.2 Å². The van der Waals surface area contributed by atoms with E-state index in [4.69, 9.17) is 14.8 Å². The second kappa shape index (κ2) is 7.86. The van der Waals surface area contributed by atoms with Crippen LogP contribution in [0.1, 0.15) is 58.1 Å². The van der Waals surface area contributed by atoms with Crippen LogP contribution in [0.5, 0.6) is 5.75 Å². The molecule has 0 fully saturated rings. The first-order valence-corrected chi connectivity index (χ1v) is 11.2. The molecule has 0 amide bonds. The maximum absolute atomic E-state index is 13.2. The van der Waals surface area contributed by atoms with E-state index in [1.807, 2.05) is 28.9 Å². The van der Waals surface area contributed by atoms with Gasteiger partial charge in [0.05, 0.1) is 7.11 Å². The summed E-state index contributed by atoms with van der Waals surface area (Å²) >= 11 is 1.66. The molecule has 0 bridgehead atoms. The zero-order valence-electron chi connectivity index (χ0n) is 17.5. The van der Waals surface area contributed by atoms with E-state index in [0.717, 1.165) is 52.8 Å². The summed E-state index contributed by atoms with van der Waals surface area (Å²) < 4.78 is 7.50. The third-order valence-corrected chi connectivity index (χ3v) is 6.40. The third-order valence-electron chi connectivity index (χ3n) is 5.48. The highest BCUT2D eigenvalue weighted by Gasteiger charge is 2.42. The standard InChI is InChI=1S/C22H28N4O2S/c1-5-6-11-29-21-24-20-23-15-12-22(2,3)13-16(27)18(15)19(26(20)25-21)14-9-7-8-10-17(14)28-4/h7-10,19H,5-6,11-13H2,1-4H3,(H,23,24,25)/t19-/m0/s1. The highest BCUT2D eigenvalue weighted by molar-refractivity contribution is 7.99. The highest BCUT2D eigenvalue weighted by atomic mass is 32.2. The van der Waals surface area contributed by atoms with E-state index >= 15 is 0 Å². The Morgan fingerprint density at radius 1 is 1.31 bits per heavy atom. The molecule has 29 heavy (non-hydrogen) atoms. The Morgan fingerprint density at radius 3 is 2.86 bits per heavy atom. The van der Waals surface area contributed by atoms with Crippen molar-refractivity contribution in [3.05, 3.63) is 41.1 Å². The number of hydrogen-bond donors (Lipinski definition) is 1. The number of allylic oxidation sites excluding steroid dienone is 2. The largest absolute Gasteiger partial charge is 0.496 e. The van der Waals surface area contributed by atoms with Crippen molar-refractivity contribution in [1.29, 1.82) is 0 Å². The number of ether oxygens (including phenoxy) is 1. The molecule has 0 radical (unpaired) electrons. The molecule has 2 aliphatic rings. The van der Waals surface area contributed by atoms with Crippen molar-refractivity contribution in [3.63, 3.8) is 0 Å². The van der Waals surface area contributed by atoms with Gasteiger partial charge in [-0.2, -0.15) is 4.98 Å². The second-order valence-corrected chi connectivity index (χ2v) is 9.53. The summed E-state index contributed by atoms with van der Waals surface area (Å²) in [6, 6.07) is 7.54. The van der Waals surface area contributed by atoms with E-state index in [1.165, 1.54) is 0 Å². The van der Waals surface area contributed by atoms with Crippen LogP contribution in [0.2, 0.25) is 0 Å². The fourth-order valence-corrected chi connectivity index (χ4v) is 5.05. The number of unbranched alkanes of at least 4 members (excludes halogenated alkanes) is 1. The van der Waals surface area contributed by atoms with Crippen LogP contribution in [0.15, 0.2) is 40.7 Å². The molecule has 1 aromatic heterocycles. The first-order chi connectivity index (χ1) is 13.9. The molecule has 154 valence electrons. The number of aromatic nitrogens is 3. The lowest BCUT2D eigenvalue weighted by atomic mass is 9.73. The number of para-hydroxylation sites is 1. The molecule has 1 aliphatic carbocycles. The van der Waals surface area contributed by atoms with Crippen LogP contribution in [-0.2, 0) is 4.79 Å². The van der Waals surface area contributed by atoms with E-state index in [9.17, 15) is 4.79 Å². The number of Topliss-reactive ketones (excluding diaryl/α,β-unsaturated/α-hetero) is 1. The lowest BCUT2D eigenvalue weighted by molar-refractivity contribution is -0.118. The molecule has 6 nitrogen and oxygen atoms in total. The Kier molecular flexibility index (Phi) is 5.42. The van der Waals surface area contributed by atoms with Crippen LogP contribution in [-0.4, -0.2) is 33.4 Å². The molecule has 4 rings (SSSR count). The molecule has 1 N–H and O–H groups in total. The SMILES string of the molecule is CCCCSc1nc2n(n1)[C@@H](c1ccccc1OC)C1=C(CC(C)(C)CC1=O)N2. The molecule has 0 unspecified atom stereocenters. The number of ketones is 1. The number of rotatable bonds is 6. The fraction of sp³-hybridized carbons (Fsp3) is 0.500. The molecule has 2 aromatic rings. The lowest BCUT2D eigenvalue weighted by Gasteiger charge is -2.38. The number of carbonyl (C=O) groups excluding carboxylic acids is 1. The minimum atomic E-state index is -0.325. The van der Waals surface area contributed by atoms with Gasteiger partial charge in [-0.25, -0.2) is 4.68 Å². The van der Waals surface area contributed by atoms with Gasteiger partial charge in [0.15, 0.2) is 5.78 Å². The Labute approximate surface area is 176 Å². The van der Waals surface area contributed by atoms with Crippen molar-refractivity contribution in [1.82, 2.24) is 14.8 Å². The number of anilines is 1. The number of nitrogens with one attached hydrogen (secondary N) is 1. The third kappa shape index (κ3) is 3.80. The van der Waals surface area contributed by atoms with Crippen LogP contribution >= 0.6 is 11.8 Å². The predicted molar refractivity (Wildman–Crippen MR) is 115 cm³/mol. The summed E-state index contributed by atoms with van der Waals surface area (Å²) in [5.74, 6) is 2.61. The van der Waals surface area contributed by atoms with Gasteiger partial charge in [-0.05, 0) is 24.3 Å². The topological polar surface area (TPSA) is 69.0 Å². The minimum absolute atomic E-state index is 0.0743. The molecular weight excluding hydrogens is 384 g/mol. The Morgan fingerprint density at radius 2 is 2.10 bits per heavy atom. The molecule has 1 atom stereocenters. The minimum Gasteiger partial charge on any atom is -0.496 e. The fourth-order valence-electron chi connectivity index (χ4n) is 4.14. The number of thioether (sulfide) groups is 1. The zero-order valence-corrected chi connectivity index (χ0v) is 18.3. The van der Waals surface area contributed by atoms with Crippen LogP contribution in [0.25, 0.3) is 0 Å². The number of benzene rings is 1. The van der Waals surface area contributed by atoms with Gasteiger partial charge in [-0.15, -0.1) is 5.10 Å². The van der Waals surface area contributed by atoms with E-state index in [2.05, 4.69) is 26.1 Å². The molecule has 0 saturated heterocycles. The molecular formula is C22H28N4O2S. The smallest absolute Gasteiger partial charge is 0.227 e. The van der Waals surface area contributed by atoms with E-state index in [1.54, 1.807) is 18.9 Å². The zero-order chi connectivity index (χ0) is 20.6. The summed E-state index contributed by atoms with van der Waals surface area (Å²) in [6.45, 7) is 6.45. The maximum Gasteiger partial charge on any atom is 0.227 e. The molecule has 0 saturated carbocycles. The van der Waals surface area contributed by atoms with Gasteiger partial charge in [0.2, 0.25) is 11.1 Å². The summed E-state index contributed by atoms with van der Waals surface area (Å²) in [6.07, 6.45) is 3.60. The van der Waals surface area contributed by atoms with Crippen molar-refractivity contribution in [3.8, 4) is 5.75 Å². The average molecular weight is 413 g/mol. The summed E-state index contributed by atoms with van der Waals surface area (Å²) in [5.41, 5.74) is 2.62. The quantitative estimate of drug-likeness (QED) is 0.541. The Balaban J connectivity index is 1.83. The van der Waals surface area contributed by atoms with Gasteiger partial charge in [0.25, 0.3) is 0 Å². The van der Waals surface area contributed by atoms with Gasteiger partial charge in [0.1, 0.15) is 11.8 Å². The van der Waals surface area contributed by atoms with Crippen LogP contribution in [0, 0.1) is 5.41 Å². The number of nitrogens with zero attached hydrogens (tertiary/aromatic N) is 3. The normalized spacial score (nSPS) is 20.1. The van der Waals surface area contributed by atoms with Crippen molar-refractivity contribution >= 4 is 23.5 Å². The molecule has 1 aromatic carbocycles. The Hall–Kier alpha value is -2.28. The van der Waals surface area contributed by atoms with Crippen LogP contribution in [0.4, 0.5) is 5.95 Å². The number of hydrogen-bond acceptors (Lipinski definition) is 6. The van der Waals surface area contributed by atoms with Crippen molar-refractivity contribution < 1.29 is 9.53 Å². The monoisotopic (exact) mass is 412 g/mol. The maximum atomic E-state index is 13.2. The van der Waals surface area contributed by atoms with Gasteiger partial charge in [0, 0.05) is 29.0 Å². The van der Waals surface area contributed by atoms with Crippen LogP contribution in [0.3, 0.4) is 0 Å². The average Bonchev–Trinajstić information content (AvgIpc) is 3.08. The number of carbonyl (C=O) groups is 1. The summed E-state index contributed by atoms with van der Waals surface area (Å²) in [5, 5.41) is 8.95. The predicted octanol–water partition coefficient (Wildman–Crippen LogP) is 4.84. The second-order valence-electron chi connectivity index (χ2n) is 8.47. The first-order valence-electron chi connectivity index (χ1n) is 10.2. The lowest BCUT2D eigenvalue weighted by Crippen LogP contribution is -2.36. The van der Waals surface area contributed by atoms with Gasteiger partial charge < -0.3 is 10.1 Å². The Bertz CT molecular complexity index is 963. The number of methoxy groups -OCH3 is 1. The molecule has 2 heterocycles. The van der Waals surface area contributed by atoms with Crippen molar-refractivity contribution in [2.75, 3.05) is 18.2 Å². The van der Waals surface area contributed by atoms with Gasteiger partial charge in [-0.1, -0.05) is 57.2 Å². The van der Waals surface area contributed by atoms with Crippen LogP contribution < -0.4 is 10.1 Å².